The number of aromatic nitrogens is 2. The molecule has 0 aliphatic heterocycles. The van der Waals surface area contributed by atoms with E-state index in [0.717, 1.165) is 18.5 Å². The lowest BCUT2D eigenvalue weighted by molar-refractivity contribution is 0.223. The molecule has 0 saturated carbocycles. The fourth-order valence-electron chi connectivity index (χ4n) is 1.36. The largest absolute Gasteiger partial charge is 0.474 e. The summed E-state index contributed by atoms with van der Waals surface area (Å²) >= 11 is 0. The number of hydrogen-bond donors (Lipinski definition) is 1. The molecule has 0 saturated heterocycles. The third kappa shape index (κ3) is 2.19. The van der Waals surface area contributed by atoms with Crippen LogP contribution in [-0.2, 0) is 13.5 Å². The molecule has 0 atom stereocenters. The van der Waals surface area contributed by atoms with Crippen molar-refractivity contribution in [2.75, 3.05) is 5.73 Å². The number of anilines is 1. The van der Waals surface area contributed by atoms with E-state index in [1.165, 1.54) is 0 Å². The minimum Gasteiger partial charge on any atom is -0.474 e. The van der Waals surface area contributed by atoms with Crippen LogP contribution in [0.25, 0.3) is 0 Å². The summed E-state index contributed by atoms with van der Waals surface area (Å²) in [6, 6.07) is 0. The number of aryl methyl sites for hydroxylation is 2. The molecule has 0 aliphatic rings. The molecule has 0 spiro atoms. The molecule has 0 unspecified atom stereocenters. The normalized spacial score (nSPS) is 10.9. The lowest BCUT2D eigenvalue weighted by atomic mass is 10.2. The van der Waals surface area contributed by atoms with Crippen molar-refractivity contribution in [3.63, 3.8) is 0 Å². The van der Waals surface area contributed by atoms with Gasteiger partial charge in [-0.15, -0.1) is 0 Å². The van der Waals surface area contributed by atoms with Crippen molar-refractivity contribution in [2.24, 2.45) is 7.05 Å². The van der Waals surface area contributed by atoms with E-state index in [0.29, 0.717) is 11.6 Å². The van der Waals surface area contributed by atoms with E-state index in [9.17, 15) is 0 Å². The van der Waals surface area contributed by atoms with E-state index in [-0.39, 0.29) is 6.10 Å². The van der Waals surface area contributed by atoms with Crippen molar-refractivity contribution >= 4 is 5.69 Å². The molecular formula is C10H19N3O. The van der Waals surface area contributed by atoms with Gasteiger partial charge < -0.3 is 10.5 Å². The molecule has 0 bridgehead atoms. The van der Waals surface area contributed by atoms with Gasteiger partial charge in [-0.2, -0.15) is 5.10 Å². The quantitative estimate of drug-likeness (QED) is 0.800. The van der Waals surface area contributed by atoms with Gasteiger partial charge in [-0.25, -0.2) is 4.68 Å². The van der Waals surface area contributed by atoms with Crippen LogP contribution in [0.15, 0.2) is 0 Å². The predicted octanol–water partition coefficient (Wildman–Crippen LogP) is 1.74. The molecule has 4 heteroatoms. The highest BCUT2D eigenvalue weighted by molar-refractivity contribution is 5.53. The van der Waals surface area contributed by atoms with Crippen LogP contribution in [0.2, 0.25) is 0 Å². The highest BCUT2D eigenvalue weighted by Gasteiger charge is 2.14. The molecule has 4 nitrogen and oxygen atoms in total. The van der Waals surface area contributed by atoms with Crippen LogP contribution in [0.3, 0.4) is 0 Å². The molecule has 14 heavy (non-hydrogen) atoms. The average Bonchev–Trinajstić information content (AvgIpc) is 2.33. The van der Waals surface area contributed by atoms with Crippen molar-refractivity contribution < 1.29 is 4.74 Å². The van der Waals surface area contributed by atoms with Crippen molar-refractivity contribution in [1.82, 2.24) is 9.78 Å². The first-order valence-corrected chi connectivity index (χ1v) is 5.04. The monoisotopic (exact) mass is 197 g/mol. The Bertz CT molecular complexity index is 305. The summed E-state index contributed by atoms with van der Waals surface area (Å²) in [7, 11) is 1.85. The van der Waals surface area contributed by atoms with Crippen LogP contribution in [0.4, 0.5) is 5.69 Å². The average molecular weight is 197 g/mol. The molecule has 1 rings (SSSR count). The Morgan fingerprint density at radius 1 is 1.50 bits per heavy atom. The Balaban J connectivity index is 2.92. The second kappa shape index (κ2) is 4.35. The van der Waals surface area contributed by atoms with E-state index in [1.54, 1.807) is 4.68 Å². The summed E-state index contributed by atoms with van der Waals surface area (Å²) in [4.78, 5) is 0. The molecule has 1 heterocycles. The van der Waals surface area contributed by atoms with Gasteiger partial charge in [-0.05, 0) is 20.3 Å². The summed E-state index contributed by atoms with van der Waals surface area (Å²) in [5.41, 5.74) is 7.55. The summed E-state index contributed by atoms with van der Waals surface area (Å²) in [5.74, 6) is 0.684. The number of ether oxygens (including phenoxy) is 1. The third-order valence-corrected chi connectivity index (χ3v) is 1.94. The van der Waals surface area contributed by atoms with E-state index >= 15 is 0 Å². The molecule has 0 aromatic carbocycles. The van der Waals surface area contributed by atoms with Gasteiger partial charge in [-0.1, -0.05) is 13.3 Å². The zero-order valence-electron chi connectivity index (χ0n) is 9.37. The van der Waals surface area contributed by atoms with Crippen LogP contribution < -0.4 is 10.5 Å². The molecule has 0 amide bonds. The maximum atomic E-state index is 5.93. The van der Waals surface area contributed by atoms with Gasteiger partial charge in [0.25, 0.3) is 0 Å². The van der Waals surface area contributed by atoms with Gasteiger partial charge in [0, 0.05) is 7.05 Å². The number of nitrogens with zero attached hydrogens (tertiary/aromatic N) is 2. The fraction of sp³-hybridized carbons (Fsp3) is 0.700. The predicted molar refractivity (Wildman–Crippen MR) is 57.4 cm³/mol. The maximum absolute atomic E-state index is 5.93. The highest BCUT2D eigenvalue weighted by atomic mass is 16.5. The highest BCUT2D eigenvalue weighted by Crippen LogP contribution is 2.26. The van der Waals surface area contributed by atoms with E-state index < -0.39 is 0 Å². The lowest BCUT2D eigenvalue weighted by Gasteiger charge is -2.09. The van der Waals surface area contributed by atoms with Crippen LogP contribution in [-0.4, -0.2) is 15.9 Å². The van der Waals surface area contributed by atoms with Gasteiger partial charge in [0.1, 0.15) is 5.69 Å². The first kappa shape index (κ1) is 10.9. The Labute approximate surface area is 85.0 Å². The maximum Gasteiger partial charge on any atom is 0.236 e. The first-order valence-electron chi connectivity index (χ1n) is 5.04. The zero-order chi connectivity index (χ0) is 10.7. The van der Waals surface area contributed by atoms with Crippen molar-refractivity contribution in [1.29, 1.82) is 0 Å². The molecule has 0 radical (unpaired) electrons. The molecule has 1 aromatic heterocycles. The van der Waals surface area contributed by atoms with Gasteiger partial charge >= 0.3 is 0 Å². The first-order chi connectivity index (χ1) is 6.56. The lowest BCUT2D eigenvalue weighted by Crippen LogP contribution is -2.10. The van der Waals surface area contributed by atoms with Crippen LogP contribution in [0.1, 0.15) is 32.9 Å². The Kier molecular flexibility index (Phi) is 3.38. The number of rotatable bonds is 4. The van der Waals surface area contributed by atoms with Crippen molar-refractivity contribution in [3.05, 3.63) is 5.69 Å². The van der Waals surface area contributed by atoms with E-state index in [2.05, 4.69) is 12.0 Å². The Morgan fingerprint density at radius 2 is 2.14 bits per heavy atom. The molecule has 80 valence electrons. The molecule has 1 aromatic rings. The molecule has 0 fully saturated rings. The van der Waals surface area contributed by atoms with Gasteiger partial charge in [0.05, 0.1) is 11.8 Å². The summed E-state index contributed by atoms with van der Waals surface area (Å²) in [6.45, 7) is 6.06. The SMILES string of the molecule is CCCc1nn(C)c(OC(C)C)c1N. The van der Waals surface area contributed by atoms with Gasteiger partial charge in [0.15, 0.2) is 0 Å². The topological polar surface area (TPSA) is 53.1 Å². The minimum atomic E-state index is 0.127. The third-order valence-electron chi connectivity index (χ3n) is 1.94. The zero-order valence-corrected chi connectivity index (χ0v) is 9.37. The summed E-state index contributed by atoms with van der Waals surface area (Å²) in [5, 5.41) is 4.32. The molecule has 2 N–H and O–H groups in total. The van der Waals surface area contributed by atoms with Crippen LogP contribution in [0.5, 0.6) is 5.88 Å². The van der Waals surface area contributed by atoms with Crippen molar-refractivity contribution in [3.8, 4) is 5.88 Å². The number of hydrogen-bond acceptors (Lipinski definition) is 3. The molecular weight excluding hydrogens is 178 g/mol. The second-order valence-electron chi connectivity index (χ2n) is 3.71. The van der Waals surface area contributed by atoms with Gasteiger partial charge in [0.2, 0.25) is 5.88 Å². The molecule has 0 aliphatic carbocycles. The Morgan fingerprint density at radius 3 is 2.64 bits per heavy atom. The van der Waals surface area contributed by atoms with Crippen molar-refractivity contribution in [2.45, 2.75) is 39.7 Å². The smallest absolute Gasteiger partial charge is 0.236 e. The standard InChI is InChI=1S/C10H19N3O/c1-5-6-8-9(11)10(13(4)12-8)14-7(2)3/h7H,5-6,11H2,1-4H3. The fourth-order valence-corrected chi connectivity index (χ4v) is 1.36. The number of nitrogen functional groups attached to an aromatic ring is 1. The number of nitrogens with two attached hydrogens (primary N) is 1. The van der Waals surface area contributed by atoms with E-state index in [4.69, 9.17) is 10.5 Å². The van der Waals surface area contributed by atoms with Gasteiger partial charge in [-0.3, -0.25) is 0 Å². The van der Waals surface area contributed by atoms with Crippen LogP contribution >= 0.6 is 0 Å². The minimum absolute atomic E-state index is 0.127. The summed E-state index contributed by atoms with van der Waals surface area (Å²) in [6.07, 6.45) is 2.07. The van der Waals surface area contributed by atoms with Crippen LogP contribution in [0, 0.1) is 0 Å². The van der Waals surface area contributed by atoms with E-state index in [1.807, 2.05) is 20.9 Å². The summed E-state index contributed by atoms with van der Waals surface area (Å²) < 4.78 is 7.29. The second-order valence-corrected chi connectivity index (χ2v) is 3.71. The Hall–Kier alpha value is -1.19.